The van der Waals surface area contributed by atoms with Crippen LogP contribution >= 0.6 is 0 Å². The van der Waals surface area contributed by atoms with E-state index in [1.54, 1.807) is 0 Å². The van der Waals surface area contributed by atoms with Crippen LogP contribution < -0.4 is 0 Å². The highest BCUT2D eigenvalue weighted by Crippen LogP contribution is 2.43. The molecule has 1 heterocycles. The van der Waals surface area contributed by atoms with Crippen LogP contribution in [0.3, 0.4) is 0 Å². The van der Waals surface area contributed by atoms with E-state index >= 15 is 0 Å². The second-order valence-corrected chi connectivity index (χ2v) is 6.58. The van der Waals surface area contributed by atoms with Gasteiger partial charge in [0, 0.05) is 13.2 Å². The molecule has 1 saturated heterocycles. The number of rotatable bonds is 3. The summed E-state index contributed by atoms with van der Waals surface area (Å²) in [6, 6.07) is 0. The van der Waals surface area contributed by atoms with Crippen molar-refractivity contribution >= 4 is 0 Å². The third-order valence-electron chi connectivity index (χ3n) is 4.65. The summed E-state index contributed by atoms with van der Waals surface area (Å²) in [4.78, 5) is 0. The Kier molecular flexibility index (Phi) is 4.48. The highest BCUT2D eigenvalue weighted by molar-refractivity contribution is 4.92. The normalized spacial score (nSPS) is 36.4. The molecule has 2 nitrogen and oxygen atoms in total. The topological polar surface area (TPSA) is 29.5 Å². The van der Waals surface area contributed by atoms with Crippen molar-refractivity contribution in [3.63, 3.8) is 0 Å². The van der Waals surface area contributed by atoms with Crippen molar-refractivity contribution in [2.45, 2.75) is 64.4 Å². The fourth-order valence-corrected chi connectivity index (χ4v) is 3.87. The highest BCUT2D eigenvalue weighted by Gasteiger charge is 2.41. The van der Waals surface area contributed by atoms with E-state index in [9.17, 15) is 5.11 Å². The van der Waals surface area contributed by atoms with Crippen molar-refractivity contribution in [1.29, 1.82) is 0 Å². The quantitative estimate of drug-likeness (QED) is 0.819. The van der Waals surface area contributed by atoms with E-state index in [4.69, 9.17) is 4.74 Å². The van der Waals surface area contributed by atoms with Crippen LogP contribution in [0.5, 0.6) is 0 Å². The van der Waals surface area contributed by atoms with Gasteiger partial charge in [-0.25, -0.2) is 0 Å². The van der Waals surface area contributed by atoms with Crippen molar-refractivity contribution in [3.05, 3.63) is 0 Å². The summed E-state index contributed by atoms with van der Waals surface area (Å²) in [6.07, 6.45) is 8.00. The van der Waals surface area contributed by atoms with E-state index in [-0.39, 0.29) is 5.60 Å². The fourth-order valence-electron chi connectivity index (χ4n) is 3.87. The van der Waals surface area contributed by atoms with Crippen molar-refractivity contribution in [2.24, 2.45) is 17.8 Å². The van der Waals surface area contributed by atoms with Crippen LogP contribution in [0, 0.1) is 17.8 Å². The maximum Gasteiger partial charge on any atom is 0.0680 e. The molecule has 100 valence electrons. The average Bonchev–Trinajstić information content (AvgIpc) is 2.29. The van der Waals surface area contributed by atoms with Gasteiger partial charge in [-0.05, 0) is 49.9 Å². The van der Waals surface area contributed by atoms with Gasteiger partial charge in [0.05, 0.1) is 5.60 Å². The first-order chi connectivity index (χ1) is 8.10. The Morgan fingerprint density at radius 3 is 2.59 bits per heavy atom. The smallest absolute Gasteiger partial charge is 0.0680 e. The average molecular weight is 240 g/mol. The zero-order chi connectivity index (χ0) is 12.3. The largest absolute Gasteiger partial charge is 0.390 e. The lowest BCUT2D eigenvalue weighted by Gasteiger charge is -2.44. The molecule has 0 radical (unpaired) electrons. The Bertz CT molecular complexity index is 233. The maximum absolute atomic E-state index is 10.9. The van der Waals surface area contributed by atoms with Gasteiger partial charge in [0.25, 0.3) is 0 Å². The van der Waals surface area contributed by atoms with Gasteiger partial charge < -0.3 is 9.84 Å². The Balaban J connectivity index is 1.93. The van der Waals surface area contributed by atoms with Crippen molar-refractivity contribution in [2.75, 3.05) is 13.2 Å². The van der Waals surface area contributed by atoms with Gasteiger partial charge in [-0.1, -0.05) is 26.7 Å². The molecule has 0 spiro atoms. The number of ether oxygens (including phenoxy) is 1. The minimum atomic E-state index is -0.373. The molecule has 2 unspecified atom stereocenters. The lowest BCUT2D eigenvalue weighted by molar-refractivity contribution is -0.0992. The second-order valence-electron chi connectivity index (χ2n) is 6.58. The fraction of sp³-hybridized carbons (Fsp3) is 1.00. The Hall–Kier alpha value is -0.0800. The monoisotopic (exact) mass is 240 g/mol. The van der Waals surface area contributed by atoms with Crippen molar-refractivity contribution < 1.29 is 9.84 Å². The minimum Gasteiger partial charge on any atom is -0.390 e. The van der Waals surface area contributed by atoms with Crippen LogP contribution in [0.25, 0.3) is 0 Å². The predicted octanol–water partition coefficient (Wildman–Crippen LogP) is 3.38. The molecule has 0 aromatic rings. The van der Waals surface area contributed by atoms with Crippen LogP contribution in [0.15, 0.2) is 0 Å². The van der Waals surface area contributed by atoms with E-state index in [0.717, 1.165) is 50.7 Å². The summed E-state index contributed by atoms with van der Waals surface area (Å²) in [5, 5.41) is 10.9. The lowest BCUT2D eigenvalue weighted by atomic mass is 9.67. The van der Waals surface area contributed by atoms with Gasteiger partial charge in [0.1, 0.15) is 0 Å². The zero-order valence-electron chi connectivity index (χ0n) is 11.5. The molecule has 2 atom stereocenters. The summed E-state index contributed by atoms with van der Waals surface area (Å²) >= 11 is 0. The molecule has 0 aromatic carbocycles. The number of hydrogen-bond acceptors (Lipinski definition) is 2. The third kappa shape index (κ3) is 3.45. The van der Waals surface area contributed by atoms with E-state index in [1.165, 1.54) is 19.3 Å². The van der Waals surface area contributed by atoms with Gasteiger partial charge in [-0.3, -0.25) is 0 Å². The van der Waals surface area contributed by atoms with Crippen LogP contribution in [0.1, 0.15) is 58.8 Å². The molecule has 1 saturated carbocycles. The van der Waals surface area contributed by atoms with Gasteiger partial charge in [0.15, 0.2) is 0 Å². The SMILES string of the molecule is CC(C)CC1CCCC(O)(C2CCOCC2)C1. The Labute approximate surface area is 106 Å². The van der Waals surface area contributed by atoms with Crippen LogP contribution in [-0.2, 0) is 4.74 Å². The molecular weight excluding hydrogens is 212 g/mol. The van der Waals surface area contributed by atoms with E-state index in [1.807, 2.05) is 0 Å². The zero-order valence-corrected chi connectivity index (χ0v) is 11.5. The summed E-state index contributed by atoms with van der Waals surface area (Å²) in [5.74, 6) is 2.00. The molecule has 1 N–H and O–H groups in total. The number of aliphatic hydroxyl groups is 1. The summed E-state index contributed by atoms with van der Waals surface area (Å²) < 4.78 is 5.42. The van der Waals surface area contributed by atoms with E-state index in [0.29, 0.717) is 5.92 Å². The molecule has 0 aromatic heterocycles. The second kappa shape index (κ2) is 5.71. The predicted molar refractivity (Wildman–Crippen MR) is 69.9 cm³/mol. The van der Waals surface area contributed by atoms with Gasteiger partial charge in [-0.15, -0.1) is 0 Å². The summed E-state index contributed by atoms with van der Waals surface area (Å²) in [6.45, 7) is 6.29. The third-order valence-corrected chi connectivity index (χ3v) is 4.65. The molecule has 2 heteroatoms. The molecule has 0 bridgehead atoms. The van der Waals surface area contributed by atoms with Gasteiger partial charge in [-0.2, -0.15) is 0 Å². The molecule has 17 heavy (non-hydrogen) atoms. The first-order valence-corrected chi connectivity index (χ1v) is 7.40. The standard InChI is InChI=1S/C15H28O2/c1-12(2)10-13-4-3-7-15(16,11-13)14-5-8-17-9-6-14/h12-14,16H,3-11H2,1-2H3. The Morgan fingerprint density at radius 2 is 1.94 bits per heavy atom. The molecule has 1 aliphatic heterocycles. The molecular formula is C15H28O2. The summed E-state index contributed by atoms with van der Waals surface area (Å²) in [7, 11) is 0. The highest BCUT2D eigenvalue weighted by atomic mass is 16.5. The molecule has 1 aliphatic carbocycles. The minimum absolute atomic E-state index is 0.373. The van der Waals surface area contributed by atoms with Crippen LogP contribution in [-0.4, -0.2) is 23.9 Å². The molecule has 0 amide bonds. The molecule has 2 rings (SSSR count). The van der Waals surface area contributed by atoms with Gasteiger partial charge in [0.2, 0.25) is 0 Å². The van der Waals surface area contributed by atoms with Crippen molar-refractivity contribution in [3.8, 4) is 0 Å². The van der Waals surface area contributed by atoms with E-state index in [2.05, 4.69) is 13.8 Å². The maximum atomic E-state index is 10.9. The van der Waals surface area contributed by atoms with Crippen molar-refractivity contribution in [1.82, 2.24) is 0 Å². The molecule has 2 fully saturated rings. The van der Waals surface area contributed by atoms with E-state index < -0.39 is 0 Å². The van der Waals surface area contributed by atoms with Gasteiger partial charge >= 0.3 is 0 Å². The first kappa shape index (κ1) is 13.4. The Morgan fingerprint density at radius 1 is 1.24 bits per heavy atom. The number of hydrogen-bond donors (Lipinski definition) is 1. The lowest BCUT2D eigenvalue weighted by Crippen LogP contribution is -2.45. The van der Waals surface area contributed by atoms with Crippen LogP contribution in [0.2, 0.25) is 0 Å². The van der Waals surface area contributed by atoms with Crippen LogP contribution in [0.4, 0.5) is 0 Å². The first-order valence-electron chi connectivity index (χ1n) is 7.40. The molecule has 2 aliphatic rings. The summed E-state index contributed by atoms with van der Waals surface area (Å²) in [5.41, 5.74) is -0.373.